The Hall–Kier alpha value is -2.42. The molecular weight excluding hydrogens is 370 g/mol. The number of anilines is 1. The van der Waals surface area contributed by atoms with Crippen molar-refractivity contribution in [3.8, 4) is 0 Å². The number of carbonyl (C=O) groups is 3. The summed E-state index contributed by atoms with van der Waals surface area (Å²) in [4.78, 5) is 38.0. The molecular formula is C18H25N3O5S. The van der Waals surface area contributed by atoms with E-state index in [0.29, 0.717) is 12.3 Å². The molecule has 0 aliphatic carbocycles. The zero-order valence-corrected chi connectivity index (χ0v) is 16.7. The number of nitrogens with zero attached hydrogens (tertiary/aromatic N) is 1. The standard InChI is InChI=1S/C18H25N3O5S/c1-12(2)9-10-18(3)16(23)21(17(24)20-18)11-15(22)19-13-7-5-6-8-14(13)27(4,25)26/h5-8,12H,9-11H2,1-4H3,(H,19,22)(H,20,24)/t18-/m1/s1. The largest absolute Gasteiger partial charge is 0.325 e. The maximum atomic E-state index is 12.6. The number of urea groups is 1. The molecule has 0 saturated carbocycles. The van der Waals surface area contributed by atoms with Crippen LogP contribution in [0, 0.1) is 5.92 Å². The average molecular weight is 395 g/mol. The lowest BCUT2D eigenvalue weighted by Crippen LogP contribution is -2.44. The highest BCUT2D eigenvalue weighted by Crippen LogP contribution is 2.25. The summed E-state index contributed by atoms with van der Waals surface area (Å²) in [7, 11) is -3.54. The fraction of sp³-hybridized carbons (Fsp3) is 0.500. The Bertz CT molecular complexity index is 866. The molecule has 1 aromatic carbocycles. The van der Waals surface area contributed by atoms with E-state index in [4.69, 9.17) is 0 Å². The summed E-state index contributed by atoms with van der Waals surface area (Å²) in [6, 6.07) is 5.33. The predicted molar refractivity (Wildman–Crippen MR) is 101 cm³/mol. The van der Waals surface area contributed by atoms with Crippen LogP contribution in [0.3, 0.4) is 0 Å². The first kappa shape index (κ1) is 20.9. The Morgan fingerprint density at radius 3 is 2.48 bits per heavy atom. The topological polar surface area (TPSA) is 113 Å². The van der Waals surface area contributed by atoms with Crippen LogP contribution < -0.4 is 10.6 Å². The van der Waals surface area contributed by atoms with Crippen LogP contribution in [0.4, 0.5) is 10.5 Å². The third-order valence-electron chi connectivity index (χ3n) is 4.43. The van der Waals surface area contributed by atoms with Gasteiger partial charge in [-0.2, -0.15) is 0 Å². The summed E-state index contributed by atoms with van der Waals surface area (Å²) in [6.45, 7) is 5.20. The van der Waals surface area contributed by atoms with Crippen molar-refractivity contribution in [3.63, 3.8) is 0 Å². The van der Waals surface area contributed by atoms with E-state index in [-0.39, 0.29) is 10.6 Å². The lowest BCUT2D eigenvalue weighted by Gasteiger charge is -2.22. The molecule has 1 atom stereocenters. The molecule has 1 aliphatic heterocycles. The smallest absolute Gasteiger partial charge is 0.323 e. The van der Waals surface area contributed by atoms with E-state index in [1.165, 1.54) is 12.1 Å². The van der Waals surface area contributed by atoms with Crippen LogP contribution in [0.15, 0.2) is 29.2 Å². The van der Waals surface area contributed by atoms with Crippen LogP contribution in [0.5, 0.6) is 0 Å². The van der Waals surface area contributed by atoms with Gasteiger partial charge in [0.25, 0.3) is 5.91 Å². The Morgan fingerprint density at radius 1 is 1.26 bits per heavy atom. The van der Waals surface area contributed by atoms with Crippen LogP contribution in [-0.2, 0) is 19.4 Å². The Labute approximate surface area is 159 Å². The minimum Gasteiger partial charge on any atom is -0.323 e. The number of rotatable bonds is 7. The van der Waals surface area contributed by atoms with Gasteiger partial charge in [0.05, 0.1) is 10.6 Å². The molecule has 8 nitrogen and oxygen atoms in total. The molecule has 0 spiro atoms. The number of hydrogen-bond acceptors (Lipinski definition) is 5. The lowest BCUT2D eigenvalue weighted by atomic mass is 9.92. The number of benzene rings is 1. The van der Waals surface area contributed by atoms with E-state index in [2.05, 4.69) is 10.6 Å². The Balaban J connectivity index is 2.11. The second-order valence-corrected chi connectivity index (χ2v) is 9.39. The van der Waals surface area contributed by atoms with Gasteiger partial charge in [0.15, 0.2) is 9.84 Å². The summed E-state index contributed by atoms with van der Waals surface area (Å²) >= 11 is 0. The van der Waals surface area contributed by atoms with Gasteiger partial charge in [0.1, 0.15) is 12.1 Å². The molecule has 9 heteroatoms. The van der Waals surface area contributed by atoms with Gasteiger partial charge in [-0.3, -0.25) is 14.5 Å². The predicted octanol–water partition coefficient (Wildman–Crippen LogP) is 1.78. The number of amides is 4. The molecule has 1 heterocycles. The van der Waals surface area contributed by atoms with Crippen molar-refractivity contribution in [2.45, 2.75) is 44.0 Å². The molecule has 27 heavy (non-hydrogen) atoms. The van der Waals surface area contributed by atoms with E-state index in [9.17, 15) is 22.8 Å². The van der Waals surface area contributed by atoms with Crippen molar-refractivity contribution in [1.29, 1.82) is 0 Å². The molecule has 148 valence electrons. The summed E-state index contributed by atoms with van der Waals surface area (Å²) < 4.78 is 23.6. The van der Waals surface area contributed by atoms with E-state index in [0.717, 1.165) is 17.6 Å². The first-order valence-electron chi connectivity index (χ1n) is 8.67. The third-order valence-corrected chi connectivity index (χ3v) is 5.58. The van der Waals surface area contributed by atoms with Gasteiger partial charge in [-0.05, 0) is 37.8 Å². The van der Waals surface area contributed by atoms with Crippen LogP contribution in [0.25, 0.3) is 0 Å². The first-order chi connectivity index (χ1) is 12.4. The molecule has 1 aliphatic rings. The number of carbonyl (C=O) groups excluding carboxylic acids is 3. The number of nitrogens with one attached hydrogen (secondary N) is 2. The second kappa shape index (κ2) is 7.67. The molecule has 0 bridgehead atoms. The highest BCUT2D eigenvalue weighted by molar-refractivity contribution is 7.90. The van der Waals surface area contributed by atoms with Gasteiger partial charge < -0.3 is 10.6 Å². The van der Waals surface area contributed by atoms with Gasteiger partial charge in [-0.25, -0.2) is 13.2 Å². The fourth-order valence-electron chi connectivity index (χ4n) is 2.86. The highest BCUT2D eigenvalue weighted by Gasteiger charge is 2.47. The quantitative estimate of drug-likeness (QED) is 0.683. The molecule has 1 fully saturated rings. The molecule has 1 saturated heterocycles. The third kappa shape index (κ3) is 4.85. The van der Waals surface area contributed by atoms with E-state index < -0.39 is 39.8 Å². The normalized spacial score (nSPS) is 20.1. The Kier molecular flexibility index (Phi) is 5.94. The average Bonchev–Trinajstić information content (AvgIpc) is 2.76. The van der Waals surface area contributed by atoms with Crippen LogP contribution in [0.1, 0.15) is 33.6 Å². The van der Waals surface area contributed by atoms with Crippen LogP contribution in [0.2, 0.25) is 0 Å². The van der Waals surface area contributed by atoms with E-state index in [1.54, 1.807) is 19.1 Å². The van der Waals surface area contributed by atoms with Gasteiger partial charge in [-0.1, -0.05) is 26.0 Å². The molecule has 0 radical (unpaired) electrons. The lowest BCUT2D eigenvalue weighted by molar-refractivity contribution is -0.133. The minimum atomic E-state index is -3.54. The first-order valence-corrected chi connectivity index (χ1v) is 10.6. The number of sulfone groups is 1. The second-order valence-electron chi connectivity index (χ2n) is 7.40. The van der Waals surface area contributed by atoms with Crippen molar-refractivity contribution >= 4 is 33.4 Å². The summed E-state index contributed by atoms with van der Waals surface area (Å²) in [5, 5.41) is 5.12. The van der Waals surface area contributed by atoms with Crippen molar-refractivity contribution in [2.75, 3.05) is 18.1 Å². The molecule has 4 amide bonds. The monoisotopic (exact) mass is 395 g/mol. The maximum absolute atomic E-state index is 12.6. The number of imide groups is 1. The van der Waals surface area contributed by atoms with Gasteiger partial charge in [0.2, 0.25) is 5.91 Å². The SMILES string of the molecule is CC(C)CC[C@@]1(C)NC(=O)N(CC(=O)Nc2ccccc2S(C)(=O)=O)C1=O. The van der Waals surface area contributed by atoms with Gasteiger partial charge >= 0.3 is 6.03 Å². The van der Waals surface area contributed by atoms with Crippen molar-refractivity contribution in [1.82, 2.24) is 10.2 Å². The van der Waals surface area contributed by atoms with Crippen molar-refractivity contribution < 1.29 is 22.8 Å². The molecule has 2 N–H and O–H groups in total. The van der Waals surface area contributed by atoms with Crippen molar-refractivity contribution in [2.24, 2.45) is 5.92 Å². The van der Waals surface area contributed by atoms with Crippen LogP contribution in [-0.4, -0.2) is 49.5 Å². The molecule has 0 aromatic heterocycles. The van der Waals surface area contributed by atoms with E-state index in [1.807, 2.05) is 13.8 Å². The minimum absolute atomic E-state index is 0.0303. The maximum Gasteiger partial charge on any atom is 0.325 e. The zero-order valence-electron chi connectivity index (χ0n) is 15.9. The molecule has 1 aromatic rings. The Morgan fingerprint density at radius 2 is 1.89 bits per heavy atom. The summed E-state index contributed by atoms with van der Waals surface area (Å²) in [6.07, 6.45) is 2.27. The number of hydrogen-bond donors (Lipinski definition) is 2. The molecule has 0 unspecified atom stereocenters. The zero-order chi connectivity index (χ0) is 20.4. The number of para-hydroxylation sites is 1. The fourth-order valence-corrected chi connectivity index (χ4v) is 3.71. The van der Waals surface area contributed by atoms with Crippen molar-refractivity contribution in [3.05, 3.63) is 24.3 Å². The molecule has 2 rings (SSSR count). The van der Waals surface area contributed by atoms with Crippen LogP contribution >= 0.6 is 0 Å². The summed E-state index contributed by atoms with van der Waals surface area (Å²) in [5.41, 5.74) is -0.925. The summed E-state index contributed by atoms with van der Waals surface area (Å²) in [5.74, 6) is -0.737. The van der Waals surface area contributed by atoms with Gasteiger partial charge in [-0.15, -0.1) is 0 Å². The van der Waals surface area contributed by atoms with E-state index >= 15 is 0 Å². The highest BCUT2D eigenvalue weighted by atomic mass is 32.2. The van der Waals surface area contributed by atoms with Gasteiger partial charge in [0, 0.05) is 6.26 Å².